The van der Waals surface area contributed by atoms with E-state index in [1.807, 2.05) is 30.3 Å². The van der Waals surface area contributed by atoms with Crippen LogP contribution in [0.2, 0.25) is 0 Å². The number of hydrogen-bond donors (Lipinski definition) is 2. The van der Waals surface area contributed by atoms with Crippen LogP contribution in [0, 0.1) is 0 Å². The van der Waals surface area contributed by atoms with Gasteiger partial charge >= 0.3 is 0 Å². The van der Waals surface area contributed by atoms with E-state index in [4.69, 9.17) is 0 Å². The Balaban J connectivity index is 2.31. The van der Waals surface area contributed by atoms with Crippen LogP contribution in [0.1, 0.15) is 76.3 Å². The number of aryl methyl sites for hydroxylation is 1. The van der Waals surface area contributed by atoms with Gasteiger partial charge in [-0.15, -0.1) is 0 Å². The van der Waals surface area contributed by atoms with Crippen LogP contribution in [0.5, 0.6) is 5.75 Å². The third kappa shape index (κ3) is 4.85. The Morgan fingerprint density at radius 1 is 0.840 bits per heavy atom. The molecule has 0 radical (unpaired) electrons. The molecule has 0 aliphatic carbocycles. The fourth-order valence-corrected chi connectivity index (χ4v) is 3.13. The van der Waals surface area contributed by atoms with Crippen LogP contribution in [-0.2, 0) is 17.3 Å². The minimum Gasteiger partial charge on any atom is -0.507 e. The lowest BCUT2D eigenvalue weighted by molar-refractivity contribution is 0.168. The highest BCUT2D eigenvalue weighted by Gasteiger charge is 2.26. The van der Waals surface area contributed by atoms with E-state index in [0.717, 1.165) is 23.1 Å². The minimum absolute atomic E-state index is 0.127. The predicted octanol–water partition coefficient (Wildman–Crippen LogP) is 5.65. The number of rotatable bonds is 4. The van der Waals surface area contributed by atoms with Crippen molar-refractivity contribution in [2.24, 2.45) is 0 Å². The van der Waals surface area contributed by atoms with Gasteiger partial charge in [-0.3, -0.25) is 0 Å². The van der Waals surface area contributed by atoms with Gasteiger partial charge in [0.05, 0.1) is 6.10 Å². The van der Waals surface area contributed by atoms with Crippen molar-refractivity contribution in [1.82, 2.24) is 0 Å². The SMILES string of the molecule is CC(C)(C)c1cc(CCC(O)c2ccccc2)cc(C(C)(C)C)c1O. The number of hydrogen-bond acceptors (Lipinski definition) is 2. The van der Waals surface area contributed by atoms with Gasteiger partial charge in [-0.25, -0.2) is 0 Å². The molecule has 0 fully saturated rings. The Hall–Kier alpha value is -1.80. The molecule has 0 saturated heterocycles. The number of phenolic OH excluding ortho intramolecular Hbond substituents is 1. The minimum atomic E-state index is -0.467. The molecule has 2 rings (SSSR count). The quantitative estimate of drug-likeness (QED) is 0.754. The summed E-state index contributed by atoms with van der Waals surface area (Å²) in [6.07, 6.45) is 0.982. The number of aliphatic hydroxyl groups is 1. The molecule has 2 heteroatoms. The molecular formula is C23H32O2. The molecule has 0 heterocycles. The maximum Gasteiger partial charge on any atom is 0.123 e. The summed E-state index contributed by atoms with van der Waals surface area (Å²) in [5, 5.41) is 21.2. The van der Waals surface area contributed by atoms with Crippen molar-refractivity contribution in [3.8, 4) is 5.75 Å². The molecular weight excluding hydrogens is 308 g/mol. The van der Waals surface area contributed by atoms with Gasteiger partial charge in [0, 0.05) is 0 Å². The highest BCUT2D eigenvalue weighted by Crippen LogP contribution is 2.40. The fraction of sp³-hybridized carbons (Fsp3) is 0.478. The zero-order chi connectivity index (χ0) is 18.8. The molecule has 2 aromatic carbocycles. The maximum absolute atomic E-state index is 10.8. The number of aromatic hydroxyl groups is 1. The molecule has 136 valence electrons. The van der Waals surface area contributed by atoms with Crippen LogP contribution < -0.4 is 0 Å². The van der Waals surface area contributed by atoms with Crippen molar-refractivity contribution in [3.05, 3.63) is 64.7 Å². The molecule has 2 aromatic rings. The van der Waals surface area contributed by atoms with E-state index < -0.39 is 6.10 Å². The summed E-state index contributed by atoms with van der Waals surface area (Å²) in [5.41, 5.74) is 3.82. The van der Waals surface area contributed by atoms with Gasteiger partial charge in [0.25, 0.3) is 0 Å². The van der Waals surface area contributed by atoms with Crippen LogP contribution in [0.3, 0.4) is 0 Å². The molecule has 0 amide bonds. The molecule has 2 nitrogen and oxygen atoms in total. The topological polar surface area (TPSA) is 40.5 Å². The van der Waals surface area contributed by atoms with Crippen LogP contribution in [0.4, 0.5) is 0 Å². The zero-order valence-corrected chi connectivity index (χ0v) is 16.4. The van der Waals surface area contributed by atoms with Crippen molar-refractivity contribution < 1.29 is 10.2 Å². The summed E-state index contributed by atoms with van der Waals surface area (Å²) < 4.78 is 0. The van der Waals surface area contributed by atoms with E-state index in [1.165, 1.54) is 5.56 Å². The average molecular weight is 341 g/mol. The normalized spacial score (nSPS) is 13.7. The molecule has 2 N–H and O–H groups in total. The summed E-state index contributed by atoms with van der Waals surface area (Å²) in [4.78, 5) is 0. The highest BCUT2D eigenvalue weighted by molar-refractivity contribution is 5.50. The van der Waals surface area contributed by atoms with E-state index in [0.29, 0.717) is 12.2 Å². The largest absolute Gasteiger partial charge is 0.507 e. The van der Waals surface area contributed by atoms with Crippen molar-refractivity contribution in [3.63, 3.8) is 0 Å². The maximum atomic E-state index is 10.8. The average Bonchev–Trinajstić information content (AvgIpc) is 2.52. The van der Waals surface area contributed by atoms with Crippen LogP contribution in [0.25, 0.3) is 0 Å². The predicted molar refractivity (Wildman–Crippen MR) is 105 cm³/mol. The van der Waals surface area contributed by atoms with Gasteiger partial charge in [-0.2, -0.15) is 0 Å². The van der Waals surface area contributed by atoms with E-state index in [9.17, 15) is 10.2 Å². The van der Waals surface area contributed by atoms with Crippen LogP contribution in [0.15, 0.2) is 42.5 Å². The van der Waals surface area contributed by atoms with E-state index in [2.05, 4.69) is 53.7 Å². The lowest BCUT2D eigenvalue weighted by Gasteiger charge is -2.28. The third-order valence-corrected chi connectivity index (χ3v) is 4.68. The summed E-state index contributed by atoms with van der Waals surface area (Å²) in [6, 6.07) is 14.0. The molecule has 25 heavy (non-hydrogen) atoms. The van der Waals surface area contributed by atoms with Crippen molar-refractivity contribution in [2.75, 3.05) is 0 Å². The van der Waals surface area contributed by atoms with Gasteiger partial charge in [0.15, 0.2) is 0 Å². The van der Waals surface area contributed by atoms with Gasteiger partial charge in [-0.1, -0.05) is 84.0 Å². The molecule has 0 aliphatic rings. The van der Waals surface area contributed by atoms with Crippen LogP contribution in [-0.4, -0.2) is 10.2 Å². The first kappa shape index (κ1) is 19.5. The number of benzene rings is 2. The zero-order valence-electron chi connectivity index (χ0n) is 16.4. The Labute approximate surface area is 152 Å². The van der Waals surface area contributed by atoms with Gasteiger partial charge in [0.1, 0.15) is 5.75 Å². The summed E-state index contributed by atoms with van der Waals surface area (Å²) in [6.45, 7) is 12.7. The van der Waals surface area contributed by atoms with Gasteiger partial charge < -0.3 is 10.2 Å². The molecule has 0 aromatic heterocycles. The van der Waals surface area contributed by atoms with Crippen molar-refractivity contribution in [1.29, 1.82) is 0 Å². The van der Waals surface area contributed by atoms with Crippen LogP contribution >= 0.6 is 0 Å². The fourth-order valence-electron chi connectivity index (χ4n) is 3.13. The molecule has 0 spiro atoms. The third-order valence-electron chi connectivity index (χ3n) is 4.68. The van der Waals surface area contributed by atoms with Gasteiger partial charge in [0.2, 0.25) is 0 Å². The molecule has 0 aliphatic heterocycles. The molecule has 1 unspecified atom stereocenters. The summed E-state index contributed by atoms with van der Waals surface area (Å²) in [5.74, 6) is 0.410. The second-order valence-corrected chi connectivity index (χ2v) is 9.00. The van der Waals surface area contributed by atoms with E-state index >= 15 is 0 Å². The molecule has 0 bridgehead atoms. The van der Waals surface area contributed by atoms with Crippen molar-refractivity contribution >= 4 is 0 Å². The lowest BCUT2D eigenvalue weighted by atomic mass is 9.78. The highest BCUT2D eigenvalue weighted by atomic mass is 16.3. The number of aliphatic hydroxyl groups excluding tert-OH is 1. The smallest absolute Gasteiger partial charge is 0.123 e. The first-order chi connectivity index (χ1) is 11.5. The monoisotopic (exact) mass is 340 g/mol. The Kier molecular flexibility index (Phi) is 5.63. The standard InChI is InChI=1S/C23H32O2/c1-22(2,3)18-14-16(15-19(21(18)25)23(4,5)6)12-13-20(24)17-10-8-7-9-11-17/h7-11,14-15,20,24-25H,12-13H2,1-6H3. The first-order valence-electron chi connectivity index (χ1n) is 9.10. The van der Waals surface area contributed by atoms with Gasteiger partial charge in [-0.05, 0) is 45.9 Å². The molecule has 1 atom stereocenters. The Morgan fingerprint density at radius 3 is 1.76 bits per heavy atom. The first-order valence-corrected chi connectivity index (χ1v) is 9.10. The summed E-state index contributed by atoms with van der Waals surface area (Å²) in [7, 11) is 0. The van der Waals surface area contributed by atoms with E-state index in [-0.39, 0.29) is 10.8 Å². The second-order valence-electron chi connectivity index (χ2n) is 9.00. The number of phenols is 1. The summed E-state index contributed by atoms with van der Waals surface area (Å²) >= 11 is 0. The molecule has 0 saturated carbocycles. The Bertz CT molecular complexity index is 668. The van der Waals surface area contributed by atoms with E-state index in [1.54, 1.807) is 0 Å². The second kappa shape index (κ2) is 7.21. The van der Waals surface area contributed by atoms with Crippen molar-refractivity contribution in [2.45, 2.75) is 71.3 Å². The Morgan fingerprint density at radius 2 is 1.32 bits per heavy atom. The lowest BCUT2D eigenvalue weighted by Crippen LogP contribution is -2.18.